The van der Waals surface area contributed by atoms with E-state index in [0.29, 0.717) is 5.13 Å². The fourth-order valence-corrected chi connectivity index (χ4v) is 4.52. The summed E-state index contributed by atoms with van der Waals surface area (Å²) in [6, 6.07) is 7.95. The number of hydrogen-bond donors (Lipinski definition) is 2. The summed E-state index contributed by atoms with van der Waals surface area (Å²) >= 11 is 1.48. The van der Waals surface area contributed by atoms with Gasteiger partial charge in [-0.3, -0.25) is 4.79 Å². The highest BCUT2D eigenvalue weighted by Gasteiger charge is 2.57. The Hall–Kier alpha value is -1.63. The molecule has 1 aliphatic carbocycles. The quantitative estimate of drug-likeness (QED) is 0.747. The van der Waals surface area contributed by atoms with Gasteiger partial charge in [-0.25, -0.2) is 4.98 Å². The van der Waals surface area contributed by atoms with Crippen molar-refractivity contribution < 1.29 is 9.53 Å². The molecule has 2 aliphatic rings. The molecule has 1 aliphatic heterocycles. The summed E-state index contributed by atoms with van der Waals surface area (Å²) in [5.41, 5.74) is 2.18. The Kier molecular flexibility index (Phi) is 6.40. The van der Waals surface area contributed by atoms with E-state index in [1.165, 1.54) is 11.3 Å². The Morgan fingerprint density at radius 2 is 2.07 bits per heavy atom. The van der Waals surface area contributed by atoms with Crippen molar-refractivity contribution >= 4 is 34.8 Å². The topological polar surface area (TPSA) is 63.2 Å². The lowest BCUT2D eigenvalue weighted by atomic mass is 9.92. The van der Waals surface area contributed by atoms with Crippen LogP contribution < -0.4 is 15.4 Å². The summed E-state index contributed by atoms with van der Waals surface area (Å²) in [5.74, 6) is 1.17. The van der Waals surface area contributed by atoms with Crippen molar-refractivity contribution in [3.8, 4) is 17.0 Å². The van der Waals surface area contributed by atoms with Crippen molar-refractivity contribution in [2.75, 3.05) is 25.0 Å². The fourth-order valence-electron chi connectivity index (χ4n) is 3.79. The van der Waals surface area contributed by atoms with E-state index in [0.717, 1.165) is 62.4 Å². The smallest absolute Gasteiger partial charge is 0.229 e. The van der Waals surface area contributed by atoms with E-state index in [1.54, 1.807) is 0 Å². The van der Waals surface area contributed by atoms with Gasteiger partial charge in [-0.15, -0.1) is 23.7 Å². The van der Waals surface area contributed by atoms with Crippen molar-refractivity contribution in [1.29, 1.82) is 0 Å². The minimum Gasteiger partial charge on any atom is -0.494 e. The fraction of sp³-hybridized carbons (Fsp3) is 0.500. The molecule has 1 unspecified atom stereocenters. The Balaban J connectivity index is 0.00000210. The zero-order chi connectivity index (χ0) is 18.0. The number of piperidine rings is 1. The van der Waals surface area contributed by atoms with Gasteiger partial charge in [-0.1, -0.05) is 6.92 Å². The van der Waals surface area contributed by atoms with Crippen LogP contribution in [0.1, 0.15) is 32.6 Å². The van der Waals surface area contributed by atoms with Gasteiger partial charge in [0.05, 0.1) is 12.3 Å². The molecule has 1 saturated heterocycles. The predicted octanol–water partition coefficient (Wildman–Crippen LogP) is 4.35. The monoisotopic (exact) mass is 407 g/mol. The average Bonchev–Trinajstić information content (AvgIpc) is 3.15. The van der Waals surface area contributed by atoms with E-state index in [1.807, 2.05) is 29.6 Å². The standard InChI is InChI=1S/C20H25N3O2S.ClH/c1-2-11-25-15-5-3-14(4-6-15)17-13-26-19(22-17)23-18(24)16-12-20(16)7-9-21-10-8-20;/h3-6,13,16,21H,2,7-12H2,1H3,(H,22,23,24);1H. The summed E-state index contributed by atoms with van der Waals surface area (Å²) in [5, 5.41) is 9.08. The van der Waals surface area contributed by atoms with Crippen LogP contribution in [0.2, 0.25) is 0 Å². The molecule has 1 aromatic carbocycles. The van der Waals surface area contributed by atoms with Crippen LogP contribution in [0.4, 0.5) is 5.13 Å². The largest absolute Gasteiger partial charge is 0.494 e. The number of anilines is 1. The molecular weight excluding hydrogens is 382 g/mol. The molecule has 1 spiro atoms. The highest BCUT2D eigenvalue weighted by Crippen LogP contribution is 2.58. The lowest BCUT2D eigenvalue weighted by molar-refractivity contribution is -0.118. The predicted molar refractivity (Wildman–Crippen MR) is 112 cm³/mol. The molecule has 2 heterocycles. The van der Waals surface area contributed by atoms with E-state index in [9.17, 15) is 4.79 Å². The van der Waals surface area contributed by atoms with Crippen LogP contribution in [0, 0.1) is 11.3 Å². The molecule has 4 rings (SSSR count). The minimum absolute atomic E-state index is 0. The minimum atomic E-state index is 0. The molecule has 0 bridgehead atoms. The van der Waals surface area contributed by atoms with Gasteiger partial charge in [0.1, 0.15) is 5.75 Å². The molecule has 1 atom stereocenters. The SMILES string of the molecule is CCCOc1ccc(-c2csc(NC(=O)C3CC34CCNCC4)n2)cc1.Cl. The Labute approximate surface area is 170 Å². The molecule has 27 heavy (non-hydrogen) atoms. The number of ether oxygens (including phenoxy) is 1. The molecule has 1 amide bonds. The van der Waals surface area contributed by atoms with Crippen LogP contribution in [0.25, 0.3) is 11.3 Å². The van der Waals surface area contributed by atoms with Crippen LogP contribution in [0.3, 0.4) is 0 Å². The average molecular weight is 408 g/mol. The molecule has 1 aromatic heterocycles. The number of hydrogen-bond acceptors (Lipinski definition) is 5. The maximum absolute atomic E-state index is 12.6. The second-order valence-corrected chi connectivity index (χ2v) is 8.13. The first kappa shape index (κ1) is 20.1. The van der Waals surface area contributed by atoms with Crippen LogP contribution in [0.5, 0.6) is 5.75 Å². The Bertz CT molecular complexity index is 772. The highest BCUT2D eigenvalue weighted by molar-refractivity contribution is 7.14. The van der Waals surface area contributed by atoms with Gasteiger partial charge in [0.25, 0.3) is 0 Å². The number of thiazole rings is 1. The number of aromatic nitrogens is 1. The number of benzene rings is 1. The van der Waals surface area contributed by atoms with E-state index in [-0.39, 0.29) is 29.6 Å². The third-order valence-corrected chi connectivity index (χ3v) is 6.22. The van der Waals surface area contributed by atoms with Crippen molar-refractivity contribution in [1.82, 2.24) is 10.3 Å². The van der Waals surface area contributed by atoms with Crippen LogP contribution >= 0.6 is 23.7 Å². The summed E-state index contributed by atoms with van der Waals surface area (Å²) in [4.78, 5) is 17.1. The van der Waals surface area contributed by atoms with Crippen molar-refractivity contribution in [2.24, 2.45) is 11.3 Å². The van der Waals surface area contributed by atoms with Gasteiger partial charge in [0.2, 0.25) is 5.91 Å². The maximum Gasteiger partial charge on any atom is 0.229 e. The molecule has 2 aromatic rings. The normalized spacial score (nSPS) is 20.0. The van der Waals surface area contributed by atoms with E-state index in [4.69, 9.17) is 4.74 Å². The number of halogens is 1. The van der Waals surface area contributed by atoms with Crippen LogP contribution in [-0.4, -0.2) is 30.6 Å². The van der Waals surface area contributed by atoms with Gasteiger partial charge >= 0.3 is 0 Å². The molecule has 5 nitrogen and oxygen atoms in total. The number of nitrogens with one attached hydrogen (secondary N) is 2. The van der Waals surface area contributed by atoms with Gasteiger partial charge in [-0.05, 0) is 68.5 Å². The zero-order valence-electron chi connectivity index (χ0n) is 15.5. The van der Waals surface area contributed by atoms with Gasteiger partial charge in [0, 0.05) is 16.9 Å². The first-order valence-corrected chi connectivity index (χ1v) is 10.3. The van der Waals surface area contributed by atoms with Gasteiger partial charge in [0.15, 0.2) is 5.13 Å². The van der Waals surface area contributed by atoms with Crippen molar-refractivity contribution in [3.05, 3.63) is 29.6 Å². The first-order chi connectivity index (χ1) is 12.7. The molecule has 0 radical (unpaired) electrons. The summed E-state index contributed by atoms with van der Waals surface area (Å²) < 4.78 is 5.61. The van der Waals surface area contributed by atoms with Crippen molar-refractivity contribution in [3.63, 3.8) is 0 Å². The molecule has 2 N–H and O–H groups in total. The third-order valence-electron chi connectivity index (χ3n) is 5.46. The number of amides is 1. The van der Waals surface area contributed by atoms with Gasteiger partial charge in [-0.2, -0.15) is 0 Å². The lowest BCUT2D eigenvalue weighted by Crippen LogP contribution is -2.31. The van der Waals surface area contributed by atoms with Crippen LogP contribution in [-0.2, 0) is 4.79 Å². The number of nitrogens with zero attached hydrogens (tertiary/aromatic N) is 1. The third kappa shape index (κ3) is 4.45. The maximum atomic E-state index is 12.6. The second-order valence-electron chi connectivity index (χ2n) is 7.27. The number of rotatable bonds is 6. The highest BCUT2D eigenvalue weighted by atomic mass is 35.5. The zero-order valence-corrected chi connectivity index (χ0v) is 17.1. The second kappa shape index (κ2) is 8.59. The summed E-state index contributed by atoms with van der Waals surface area (Å²) in [6.45, 7) is 4.88. The molecule has 146 valence electrons. The molecule has 2 fully saturated rings. The lowest BCUT2D eigenvalue weighted by Gasteiger charge is -2.22. The number of carbonyl (C=O) groups is 1. The van der Waals surface area contributed by atoms with E-state index < -0.39 is 0 Å². The summed E-state index contributed by atoms with van der Waals surface area (Å²) in [6.07, 6.45) is 4.25. The summed E-state index contributed by atoms with van der Waals surface area (Å²) in [7, 11) is 0. The Morgan fingerprint density at radius 3 is 2.78 bits per heavy atom. The van der Waals surface area contributed by atoms with E-state index in [2.05, 4.69) is 22.5 Å². The van der Waals surface area contributed by atoms with Crippen LogP contribution in [0.15, 0.2) is 29.6 Å². The molecular formula is C20H26ClN3O2S. The van der Waals surface area contributed by atoms with Crippen molar-refractivity contribution in [2.45, 2.75) is 32.6 Å². The van der Waals surface area contributed by atoms with E-state index >= 15 is 0 Å². The van der Waals surface area contributed by atoms with Gasteiger partial charge < -0.3 is 15.4 Å². The molecule has 1 saturated carbocycles. The first-order valence-electron chi connectivity index (χ1n) is 9.40. The number of carbonyl (C=O) groups excluding carboxylic acids is 1. The Morgan fingerprint density at radius 1 is 1.33 bits per heavy atom. The molecule has 7 heteroatoms.